The molecule has 1 fully saturated rings. The van der Waals surface area contributed by atoms with Crippen LogP contribution in [0.1, 0.15) is 29.7 Å². The third-order valence-corrected chi connectivity index (χ3v) is 7.31. The van der Waals surface area contributed by atoms with Crippen molar-refractivity contribution in [1.29, 1.82) is 0 Å². The number of hydrogen-bond acceptors (Lipinski definition) is 6. The van der Waals surface area contributed by atoms with Crippen molar-refractivity contribution in [2.45, 2.75) is 19.9 Å². The molecule has 3 aromatic carbocycles. The lowest BCUT2D eigenvalue weighted by Gasteiger charge is -2.23. The number of thiazole rings is 1. The number of benzene rings is 3. The van der Waals surface area contributed by atoms with E-state index in [4.69, 9.17) is 4.74 Å². The molecule has 0 saturated carbocycles. The number of carbonyl (C=O) groups is 2. The Morgan fingerprint density at radius 2 is 1.89 bits per heavy atom. The number of aryl methyl sites for hydroxylation is 1. The molecular formula is C27H21BrN2O4S. The van der Waals surface area contributed by atoms with Crippen LogP contribution in [-0.4, -0.2) is 28.4 Å². The van der Waals surface area contributed by atoms with Crippen LogP contribution in [0.5, 0.6) is 5.75 Å². The fraction of sp³-hybridized carbons (Fsp3) is 0.148. The molecule has 0 spiro atoms. The van der Waals surface area contributed by atoms with Crippen LogP contribution < -0.4 is 9.64 Å². The number of amides is 1. The predicted octanol–water partition coefficient (Wildman–Crippen LogP) is 6.39. The van der Waals surface area contributed by atoms with Crippen molar-refractivity contribution in [2.75, 3.05) is 11.5 Å². The molecule has 1 aromatic heterocycles. The van der Waals surface area contributed by atoms with Gasteiger partial charge in [-0.1, -0.05) is 69.2 Å². The monoisotopic (exact) mass is 548 g/mol. The molecule has 1 saturated heterocycles. The Hall–Kier alpha value is -3.49. The fourth-order valence-electron chi connectivity index (χ4n) is 4.14. The first-order valence-electron chi connectivity index (χ1n) is 11.0. The number of Topliss-reactive ketones (excluding diaryl/α,β-unsaturated/α-hetero) is 1. The minimum Gasteiger partial charge on any atom is -0.507 e. The highest BCUT2D eigenvalue weighted by atomic mass is 79.9. The van der Waals surface area contributed by atoms with E-state index in [0.717, 1.165) is 14.7 Å². The maximum Gasteiger partial charge on any atom is 0.301 e. The number of nitrogens with zero attached hydrogens (tertiary/aromatic N) is 2. The van der Waals surface area contributed by atoms with Crippen molar-refractivity contribution in [1.82, 2.24) is 4.98 Å². The molecule has 1 aliphatic heterocycles. The molecular weight excluding hydrogens is 528 g/mol. The molecule has 35 heavy (non-hydrogen) atoms. The van der Waals surface area contributed by atoms with Crippen molar-refractivity contribution < 1.29 is 19.4 Å². The number of rotatable bonds is 5. The number of aliphatic hydroxyl groups excluding tert-OH is 1. The summed E-state index contributed by atoms with van der Waals surface area (Å²) in [5.41, 5.74) is 2.90. The van der Waals surface area contributed by atoms with E-state index in [9.17, 15) is 14.7 Å². The molecule has 1 aliphatic rings. The predicted molar refractivity (Wildman–Crippen MR) is 141 cm³/mol. The van der Waals surface area contributed by atoms with Gasteiger partial charge in [0.25, 0.3) is 5.78 Å². The summed E-state index contributed by atoms with van der Waals surface area (Å²) in [6.07, 6.45) is 0. The number of hydrogen-bond donors (Lipinski definition) is 1. The van der Waals surface area contributed by atoms with E-state index in [1.54, 1.807) is 12.1 Å². The summed E-state index contributed by atoms with van der Waals surface area (Å²) < 4.78 is 7.22. The highest BCUT2D eigenvalue weighted by Crippen LogP contribution is 2.45. The van der Waals surface area contributed by atoms with Gasteiger partial charge < -0.3 is 9.84 Å². The average molecular weight is 549 g/mol. The lowest BCUT2D eigenvalue weighted by molar-refractivity contribution is -0.132. The molecule has 2 heterocycles. The average Bonchev–Trinajstić information content (AvgIpc) is 3.37. The highest BCUT2D eigenvalue weighted by Gasteiger charge is 2.48. The Kier molecular flexibility index (Phi) is 6.17. The smallest absolute Gasteiger partial charge is 0.301 e. The molecule has 1 amide bonds. The molecule has 1 N–H and O–H groups in total. The zero-order valence-corrected chi connectivity index (χ0v) is 21.4. The van der Waals surface area contributed by atoms with E-state index in [-0.39, 0.29) is 11.3 Å². The van der Waals surface area contributed by atoms with Crippen molar-refractivity contribution in [3.05, 3.63) is 93.5 Å². The Morgan fingerprint density at radius 1 is 1.11 bits per heavy atom. The normalized spacial score (nSPS) is 17.3. The minimum absolute atomic E-state index is 0.0335. The number of aliphatic hydroxyl groups is 1. The van der Waals surface area contributed by atoms with Crippen LogP contribution in [0.15, 0.2) is 76.8 Å². The largest absolute Gasteiger partial charge is 0.507 e. The van der Waals surface area contributed by atoms with E-state index in [1.165, 1.54) is 16.2 Å². The van der Waals surface area contributed by atoms with Crippen molar-refractivity contribution in [2.24, 2.45) is 0 Å². The first-order chi connectivity index (χ1) is 16.9. The van der Waals surface area contributed by atoms with Gasteiger partial charge in [0.15, 0.2) is 5.13 Å². The molecule has 176 valence electrons. The van der Waals surface area contributed by atoms with Gasteiger partial charge in [0.05, 0.1) is 28.4 Å². The summed E-state index contributed by atoms with van der Waals surface area (Å²) in [5, 5.41) is 11.6. The van der Waals surface area contributed by atoms with Crippen LogP contribution in [0.2, 0.25) is 0 Å². The number of fused-ring (bicyclic) bond motifs is 1. The van der Waals surface area contributed by atoms with E-state index in [0.29, 0.717) is 34.1 Å². The Labute approximate surface area is 214 Å². The van der Waals surface area contributed by atoms with Crippen LogP contribution in [-0.2, 0) is 9.59 Å². The number of aromatic nitrogens is 1. The summed E-state index contributed by atoms with van der Waals surface area (Å²) in [7, 11) is 0. The molecule has 4 aromatic rings. The SMILES string of the molecule is CCOc1ccc2nc(N3C(=O)C(=O)C(=C(O)c4ccc(C)cc4)[C@H]3c3cccc(Br)c3)sc2c1. The second kappa shape index (κ2) is 9.28. The van der Waals surface area contributed by atoms with Crippen LogP contribution >= 0.6 is 27.3 Å². The molecule has 0 bridgehead atoms. The quantitative estimate of drug-likeness (QED) is 0.177. The second-order valence-corrected chi connectivity index (χ2v) is 10.1. The van der Waals surface area contributed by atoms with Crippen molar-refractivity contribution in [3.63, 3.8) is 0 Å². The first kappa shape index (κ1) is 23.3. The maximum atomic E-state index is 13.4. The summed E-state index contributed by atoms with van der Waals surface area (Å²) in [6, 6.07) is 19.2. The third-order valence-electron chi connectivity index (χ3n) is 5.80. The molecule has 6 nitrogen and oxygen atoms in total. The zero-order valence-electron chi connectivity index (χ0n) is 19.0. The van der Waals surface area contributed by atoms with Gasteiger partial charge in [-0.15, -0.1) is 0 Å². The summed E-state index contributed by atoms with van der Waals surface area (Å²) in [5.74, 6) is -0.981. The van der Waals surface area contributed by atoms with Gasteiger partial charge in [0.2, 0.25) is 0 Å². The topological polar surface area (TPSA) is 79.7 Å². The molecule has 8 heteroatoms. The zero-order chi connectivity index (χ0) is 24.7. The summed E-state index contributed by atoms with van der Waals surface area (Å²) >= 11 is 4.78. The second-order valence-electron chi connectivity index (χ2n) is 8.15. The molecule has 5 rings (SSSR count). The van der Waals surface area contributed by atoms with Gasteiger partial charge in [0.1, 0.15) is 11.5 Å². The Morgan fingerprint density at radius 3 is 2.60 bits per heavy atom. The molecule has 0 aliphatic carbocycles. The van der Waals surface area contributed by atoms with E-state index >= 15 is 0 Å². The number of ketones is 1. The maximum absolute atomic E-state index is 13.4. The molecule has 0 radical (unpaired) electrons. The Balaban J connectivity index is 1.70. The minimum atomic E-state index is -0.833. The van der Waals surface area contributed by atoms with Gasteiger partial charge in [-0.3, -0.25) is 14.5 Å². The molecule has 0 unspecified atom stereocenters. The standard InChI is InChI=1S/C27H21BrN2O4S/c1-3-34-19-11-12-20-21(14-19)35-27(29-20)30-23(17-5-4-6-18(28)13-17)22(25(32)26(30)33)24(31)16-9-7-15(2)8-10-16/h4-14,23,31H,3H2,1-2H3/t23-/m1/s1. The van der Waals surface area contributed by atoms with E-state index < -0.39 is 17.7 Å². The fourth-order valence-corrected chi connectivity index (χ4v) is 5.58. The summed E-state index contributed by atoms with van der Waals surface area (Å²) in [4.78, 5) is 32.8. The van der Waals surface area contributed by atoms with Crippen molar-refractivity contribution in [3.8, 4) is 5.75 Å². The number of carbonyl (C=O) groups excluding carboxylic acids is 2. The van der Waals surface area contributed by atoms with Gasteiger partial charge in [-0.05, 0) is 49.7 Å². The molecule has 1 atom stereocenters. The number of ether oxygens (including phenoxy) is 1. The number of anilines is 1. The van der Waals surface area contributed by atoms with Crippen LogP contribution in [0.25, 0.3) is 16.0 Å². The summed E-state index contributed by atoms with van der Waals surface area (Å²) in [6.45, 7) is 4.38. The third kappa shape index (κ3) is 4.24. The van der Waals surface area contributed by atoms with Crippen molar-refractivity contribution >= 4 is 60.1 Å². The van der Waals surface area contributed by atoms with E-state index in [2.05, 4.69) is 20.9 Å². The van der Waals surface area contributed by atoms with Gasteiger partial charge in [-0.2, -0.15) is 0 Å². The van der Waals surface area contributed by atoms with Crippen LogP contribution in [0.3, 0.4) is 0 Å². The van der Waals surface area contributed by atoms with Gasteiger partial charge in [-0.25, -0.2) is 4.98 Å². The van der Waals surface area contributed by atoms with E-state index in [1.807, 2.05) is 68.4 Å². The lowest BCUT2D eigenvalue weighted by atomic mass is 9.95. The first-order valence-corrected chi connectivity index (χ1v) is 12.6. The van der Waals surface area contributed by atoms with Crippen LogP contribution in [0.4, 0.5) is 5.13 Å². The van der Waals surface area contributed by atoms with Gasteiger partial charge in [0, 0.05) is 10.0 Å². The Bertz CT molecular complexity index is 1490. The lowest BCUT2D eigenvalue weighted by Crippen LogP contribution is -2.29. The number of halogens is 1. The van der Waals surface area contributed by atoms with Gasteiger partial charge >= 0.3 is 5.91 Å². The highest BCUT2D eigenvalue weighted by molar-refractivity contribution is 9.10. The van der Waals surface area contributed by atoms with Crippen LogP contribution in [0, 0.1) is 6.92 Å².